The number of carbonyl (C=O) groups excluding carboxylic acids is 1. The van der Waals surface area contributed by atoms with Crippen molar-refractivity contribution in [2.75, 3.05) is 0 Å². The number of hydrogen-bond acceptors (Lipinski definition) is 4. The van der Waals surface area contributed by atoms with Gasteiger partial charge in [0.05, 0.1) is 11.9 Å². The molecule has 0 fully saturated rings. The molecule has 0 unspecified atom stereocenters. The van der Waals surface area contributed by atoms with Crippen molar-refractivity contribution in [2.24, 2.45) is 0 Å². The lowest BCUT2D eigenvalue weighted by Crippen LogP contribution is -2.01. The van der Waals surface area contributed by atoms with Gasteiger partial charge in [0.1, 0.15) is 0 Å². The molecule has 1 aromatic heterocycles. The van der Waals surface area contributed by atoms with Gasteiger partial charge in [-0.25, -0.2) is 4.79 Å². The third kappa shape index (κ3) is 5.01. The van der Waals surface area contributed by atoms with Crippen molar-refractivity contribution in [3.8, 4) is 0 Å². The molecule has 0 atom stereocenters. The summed E-state index contributed by atoms with van der Waals surface area (Å²) in [5, 5.41) is 8.64. The summed E-state index contributed by atoms with van der Waals surface area (Å²) in [5.74, 6) is -1.64. The van der Waals surface area contributed by atoms with E-state index in [4.69, 9.17) is 5.11 Å². The second-order valence-corrected chi connectivity index (χ2v) is 3.90. The number of carbonyl (C=O) groups is 2. The second kappa shape index (κ2) is 7.83. The third-order valence-corrected chi connectivity index (χ3v) is 2.40. The number of carboxylic acid groups (broad SMARTS) is 1. The Labute approximate surface area is 114 Å². The highest BCUT2D eigenvalue weighted by molar-refractivity contribution is 5.81. The quantitative estimate of drug-likeness (QED) is 0.934. The molecule has 20 heavy (non-hydrogen) atoms. The van der Waals surface area contributed by atoms with Gasteiger partial charge in [0.2, 0.25) is 0 Å². The molecule has 5 nitrogen and oxygen atoms in total. The lowest BCUT2D eigenvalue weighted by Gasteiger charge is -2.00. The van der Waals surface area contributed by atoms with Crippen LogP contribution in [0.3, 0.4) is 0 Å². The zero-order valence-electron chi connectivity index (χ0n) is 10.9. The Hall–Kier alpha value is -2.50. The van der Waals surface area contributed by atoms with E-state index in [1.165, 1.54) is 0 Å². The van der Waals surface area contributed by atoms with E-state index in [0.717, 1.165) is 10.9 Å². The molecule has 1 N–H and O–H groups in total. The molecule has 0 aliphatic heterocycles. The van der Waals surface area contributed by atoms with Gasteiger partial charge in [-0.05, 0) is 23.8 Å². The average molecular weight is 279 g/mol. The monoisotopic (exact) mass is 279 g/mol. The number of hydrogen-bond donors (Lipinski definition) is 1. The lowest BCUT2D eigenvalue weighted by molar-refractivity contribution is -0.182. The maximum absolute atomic E-state index is 11.5. The van der Waals surface area contributed by atoms with Crippen molar-refractivity contribution < 1.29 is 24.2 Å². The van der Waals surface area contributed by atoms with Crippen molar-refractivity contribution in [1.29, 1.82) is 0 Å². The summed E-state index contributed by atoms with van der Waals surface area (Å²) in [4.78, 5) is 27.3. The molecule has 0 spiro atoms. The van der Waals surface area contributed by atoms with Crippen LogP contribution in [0.5, 0.6) is 0 Å². The molecular weight excluding hydrogens is 265 g/mol. The second-order valence-electron chi connectivity index (χ2n) is 3.90. The maximum atomic E-state index is 11.5. The van der Waals surface area contributed by atoms with Crippen molar-refractivity contribution in [3.05, 3.63) is 42.1 Å². The van der Waals surface area contributed by atoms with Crippen LogP contribution in [0.2, 0.25) is 0 Å². The molecule has 0 saturated carbocycles. The minimum atomic E-state index is -0.891. The smallest absolute Gasteiger partial charge is 0.353 e. The summed E-state index contributed by atoms with van der Waals surface area (Å²) in [6, 6.07) is 8.99. The molecule has 1 heterocycles. The number of aromatic nitrogens is 1. The van der Waals surface area contributed by atoms with Crippen molar-refractivity contribution in [2.45, 2.75) is 19.8 Å². The number of nitrogens with zero attached hydrogens (tertiary/aromatic N) is 1. The third-order valence-electron chi connectivity index (χ3n) is 2.40. The Morgan fingerprint density at radius 1 is 1.35 bits per heavy atom. The Morgan fingerprint density at radius 3 is 2.65 bits per heavy atom. The molecule has 2 rings (SSSR count). The number of aliphatic carboxylic acids is 1. The summed E-state index contributed by atoms with van der Waals surface area (Å²) in [6.07, 6.45) is 1.85. The largest absolute Gasteiger partial charge is 0.481 e. The fourth-order valence-corrected chi connectivity index (χ4v) is 1.43. The summed E-state index contributed by atoms with van der Waals surface area (Å²) in [7, 11) is 0. The molecule has 6 heteroatoms. The van der Waals surface area contributed by atoms with Crippen LogP contribution in [0.25, 0.3) is 10.9 Å². The summed E-state index contributed by atoms with van der Waals surface area (Å²) < 4.78 is 11.5. The van der Waals surface area contributed by atoms with Crippen LogP contribution < -0.4 is 0 Å². The molecule has 0 radical (unpaired) electrons. The van der Waals surface area contributed by atoms with Crippen molar-refractivity contribution in [1.82, 2.24) is 4.98 Å². The maximum Gasteiger partial charge on any atom is 0.353 e. The lowest BCUT2D eigenvalue weighted by atomic mass is 10.1. The van der Waals surface area contributed by atoms with E-state index >= 15 is 0 Å². The summed E-state index contributed by atoms with van der Waals surface area (Å²) >= 11 is 0. The Morgan fingerprint density at radius 2 is 2.05 bits per heavy atom. The standard InChI is InChI=1S/C11H8FNO2.C3H6O2/c12-15-11(14)7-8-3-4-10-9(6-8)2-1-5-13-10;1-2-3(4)5/h1-6H,7H2;2H2,1H3,(H,4,5). The molecule has 0 aliphatic carbocycles. The number of fused-ring (bicyclic) bond motifs is 1. The van der Waals surface area contributed by atoms with Gasteiger partial charge in [0.25, 0.3) is 0 Å². The minimum Gasteiger partial charge on any atom is -0.481 e. The topological polar surface area (TPSA) is 76.5 Å². The molecule has 0 bridgehead atoms. The van der Waals surface area contributed by atoms with Crippen LogP contribution in [0, 0.1) is 0 Å². The van der Waals surface area contributed by atoms with E-state index in [1.807, 2.05) is 6.07 Å². The van der Waals surface area contributed by atoms with Crippen LogP contribution in [-0.4, -0.2) is 22.0 Å². The van der Waals surface area contributed by atoms with Crippen molar-refractivity contribution >= 4 is 22.8 Å². The van der Waals surface area contributed by atoms with Gasteiger partial charge >= 0.3 is 11.9 Å². The first kappa shape index (κ1) is 15.6. The normalized spacial score (nSPS) is 9.50. The van der Waals surface area contributed by atoms with E-state index in [-0.39, 0.29) is 12.8 Å². The van der Waals surface area contributed by atoms with Crippen LogP contribution >= 0.6 is 0 Å². The van der Waals surface area contributed by atoms with Gasteiger partial charge in [-0.15, -0.1) is 0 Å². The number of benzene rings is 1. The van der Waals surface area contributed by atoms with Crippen LogP contribution in [0.1, 0.15) is 18.9 Å². The predicted molar refractivity (Wildman–Crippen MR) is 70.6 cm³/mol. The van der Waals surface area contributed by atoms with Crippen molar-refractivity contribution in [3.63, 3.8) is 0 Å². The van der Waals surface area contributed by atoms with E-state index in [2.05, 4.69) is 9.93 Å². The molecule has 106 valence electrons. The molecule has 2 aromatic rings. The highest BCUT2D eigenvalue weighted by atomic mass is 19.3. The summed E-state index contributed by atoms with van der Waals surface area (Å²) in [6.45, 7) is 1.60. The van der Waals surface area contributed by atoms with E-state index in [1.54, 1.807) is 37.4 Å². The van der Waals surface area contributed by atoms with Gasteiger partial charge in [0, 0.05) is 22.5 Å². The van der Waals surface area contributed by atoms with E-state index < -0.39 is 11.9 Å². The van der Waals surface area contributed by atoms with Gasteiger partial charge in [-0.3, -0.25) is 14.7 Å². The number of halogens is 1. The zero-order chi connectivity index (χ0) is 15.0. The Kier molecular flexibility index (Phi) is 6.09. The first-order valence-corrected chi connectivity index (χ1v) is 5.93. The number of pyridine rings is 1. The van der Waals surface area contributed by atoms with Gasteiger partial charge in [-0.1, -0.05) is 19.1 Å². The SMILES string of the molecule is CCC(=O)O.O=C(Cc1ccc2ncccc2c1)OF. The van der Waals surface area contributed by atoms with E-state index in [0.29, 0.717) is 5.56 Å². The first-order chi connectivity index (χ1) is 9.56. The minimum absolute atomic E-state index is 0.0681. The zero-order valence-corrected chi connectivity index (χ0v) is 10.9. The fraction of sp³-hybridized carbons (Fsp3) is 0.214. The van der Waals surface area contributed by atoms with Gasteiger partial charge in [-0.2, -0.15) is 0 Å². The number of rotatable bonds is 3. The summed E-state index contributed by atoms with van der Waals surface area (Å²) in [5.41, 5.74) is 1.55. The number of carboxylic acids is 1. The molecule has 1 aromatic carbocycles. The van der Waals surface area contributed by atoms with Crippen LogP contribution in [0.15, 0.2) is 36.5 Å². The van der Waals surface area contributed by atoms with Crippen LogP contribution in [0.4, 0.5) is 4.53 Å². The Balaban J connectivity index is 0.000000347. The Bertz CT molecular complexity index is 600. The highest BCUT2D eigenvalue weighted by Crippen LogP contribution is 2.13. The molecule has 0 amide bonds. The van der Waals surface area contributed by atoms with Crippen LogP contribution in [-0.2, 0) is 21.0 Å². The first-order valence-electron chi connectivity index (χ1n) is 5.93. The average Bonchev–Trinajstić information content (AvgIpc) is 2.47. The van der Waals surface area contributed by atoms with E-state index in [9.17, 15) is 14.1 Å². The fourth-order valence-electron chi connectivity index (χ4n) is 1.43. The molecular formula is C14H14FNO4. The predicted octanol–water partition coefficient (Wildman–Crippen LogP) is 2.69. The molecule has 0 aliphatic rings. The molecule has 0 saturated heterocycles. The van der Waals surface area contributed by atoms with Gasteiger partial charge < -0.3 is 5.11 Å². The van der Waals surface area contributed by atoms with Gasteiger partial charge in [0.15, 0.2) is 0 Å². The highest BCUT2D eigenvalue weighted by Gasteiger charge is 2.05.